The number of hydrogen-bond donors (Lipinski definition) is 1. The smallest absolute Gasteiger partial charge is 0.308 e. The number of aliphatic carboxylic acids is 1. The van der Waals surface area contributed by atoms with Gasteiger partial charge in [-0.3, -0.25) is 9.59 Å². The third kappa shape index (κ3) is 5.06. The van der Waals surface area contributed by atoms with Crippen molar-refractivity contribution in [3.63, 3.8) is 0 Å². The van der Waals surface area contributed by atoms with Crippen molar-refractivity contribution in [3.05, 3.63) is 35.4 Å². The second kappa shape index (κ2) is 6.70. The van der Waals surface area contributed by atoms with Gasteiger partial charge in [0.05, 0.1) is 11.7 Å². The van der Waals surface area contributed by atoms with Gasteiger partial charge in [-0.05, 0) is 30.5 Å². The minimum Gasteiger partial charge on any atom is -0.481 e. The molecule has 126 valence electrons. The highest BCUT2D eigenvalue weighted by molar-refractivity contribution is 7.89. The van der Waals surface area contributed by atoms with E-state index in [1.165, 1.54) is 0 Å². The Kier molecular flexibility index (Phi) is 5.09. The lowest BCUT2D eigenvalue weighted by Crippen LogP contribution is -2.38. The SMILES string of the molecule is CC(CN(C(=O)c1ccc(CS(C)(=O)=O)cc1)C1CC1)C(=O)O. The Morgan fingerprint density at radius 1 is 1.26 bits per heavy atom. The molecular formula is C16H21NO5S. The molecule has 6 nitrogen and oxygen atoms in total. The van der Waals surface area contributed by atoms with Gasteiger partial charge in [-0.1, -0.05) is 19.1 Å². The van der Waals surface area contributed by atoms with Crippen LogP contribution in [0, 0.1) is 5.92 Å². The first kappa shape index (κ1) is 17.5. The molecule has 23 heavy (non-hydrogen) atoms. The van der Waals surface area contributed by atoms with E-state index in [1.54, 1.807) is 36.1 Å². The van der Waals surface area contributed by atoms with Gasteiger partial charge in [0, 0.05) is 24.4 Å². The number of nitrogens with zero attached hydrogens (tertiary/aromatic N) is 1. The second-order valence-corrected chi connectivity index (χ2v) is 8.34. The summed E-state index contributed by atoms with van der Waals surface area (Å²) in [6.45, 7) is 1.77. The van der Waals surface area contributed by atoms with Gasteiger partial charge in [0.25, 0.3) is 5.91 Å². The first-order valence-corrected chi connectivity index (χ1v) is 9.54. The summed E-state index contributed by atoms with van der Waals surface area (Å²) >= 11 is 0. The molecule has 0 saturated heterocycles. The van der Waals surface area contributed by atoms with Crippen molar-refractivity contribution in [1.82, 2.24) is 4.90 Å². The van der Waals surface area contributed by atoms with Crippen LogP contribution in [0.2, 0.25) is 0 Å². The molecule has 0 heterocycles. The number of sulfone groups is 1. The summed E-state index contributed by atoms with van der Waals surface area (Å²) in [6.07, 6.45) is 2.95. The van der Waals surface area contributed by atoms with Crippen molar-refractivity contribution in [3.8, 4) is 0 Å². The molecule has 2 rings (SSSR count). The largest absolute Gasteiger partial charge is 0.481 e. The fourth-order valence-corrected chi connectivity index (χ4v) is 3.17. The van der Waals surface area contributed by atoms with Crippen LogP contribution in [0.5, 0.6) is 0 Å². The van der Waals surface area contributed by atoms with E-state index >= 15 is 0 Å². The molecule has 1 saturated carbocycles. The zero-order valence-corrected chi connectivity index (χ0v) is 14.0. The number of rotatable bonds is 7. The van der Waals surface area contributed by atoms with Crippen molar-refractivity contribution in [1.29, 1.82) is 0 Å². The summed E-state index contributed by atoms with van der Waals surface area (Å²) in [6, 6.07) is 6.56. The van der Waals surface area contributed by atoms with Crippen LogP contribution in [0.1, 0.15) is 35.7 Å². The van der Waals surface area contributed by atoms with Crippen molar-refractivity contribution >= 4 is 21.7 Å². The van der Waals surface area contributed by atoms with Gasteiger partial charge in [0.15, 0.2) is 9.84 Å². The lowest BCUT2D eigenvalue weighted by atomic mass is 10.1. The zero-order chi connectivity index (χ0) is 17.2. The van der Waals surface area contributed by atoms with E-state index in [1.807, 2.05) is 0 Å². The molecule has 0 bridgehead atoms. The predicted molar refractivity (Wildman–Crippen MR) is 85.8 cm³/mol. The molecule has 0 aliphatic heterocycles. The van der Waals surface area contributed by atoms with Crippen LogP contribution < -0.4 is 0 Å². The summed E-state index contributed by atoms with van der Waals surface area (Å²) in [5.41, 5.74) is 1.08. The van der Waals surface area contributed by atoms with E-state index in [2.05, 4.69) is 0 Å². The molecular weight excluding hydrogens is 318 g/mol. The molecule has 1 amide bonds. The Labute approximate surface area is 136 Å². The fraction of sp³-hybridized carbons (Fsp3) is 0.500. The highest BCUT2D eigenvalue weighted by atomic mass is 32.2. The Morgan fingerprint density at radius 2 is 1.83 bits per heavy atom. The highest BCUT2D eigenvalue weighted by Crippen LogP contribution is 2.29. The van der Waals surface area contributed by atoms with Crippen molar-refractivity contribution < 1.29 is 23.1 Å². The molecule has 0 aromatic heterocycles. The molecule has 1 aromatic rings. The van der Waals surface area contributed by atoms with E-state index in [9.17, 15) is 18.0 Å². The van der Waals surface area contributed by atoms with E-state index in [4.69, 9.17) is 5.11 Å². The predicted octanol–water partition coefficient (Wildman–Crippen LogP) is 1.56. The normalized spacial score (nSPS) is 15.9. The van der Waals surface area contributed by atoms with E-state index < -0.39 is 21.7 Å². The Balaban J connectivity index is 2.12. The first-order valence-electron chi connectivity index (χ1n) is 7.48. The number of benzene rings is 1. The first-order chi connectivity index (χ1) is 10.7. The number of carboxylic acids is 1. The van der Waals surface area contributed by atoms with E-state index in [0.29, 0.717) is 11.1 Å². The van der Waals surface area contributed by atoms with Crippen molar-refractivity contribution in [2.45, 2.75) is 31.6 Å². The number of carbonyl (C=O) groups is 2. The summed E-state index contributed by atoms with van der Waals surface area (Å²) < 4.78 is 22.6. The molecule has 7 heteroatoms. The average Bonchev–Trinajstić information content (AvgIpc) is 3.27. The zero-order valence-electron chi connectivity index (χ0n) is 13.2. The van der Waals surface area contributed by atoms with Gasteiger partial charge in [-0.15, -0.1) is 0 Å². The molecule has 1 N–H and O–H groups in total. The maximum atomic E-state index is 12.6. The maximum Gasteiger partial charge on any atom is 0.308 e. The Bertz CT molecular complexity index is 692. The van der Waals surface area contributed by atoms with Crippen LogP contribution in [0.15, 0.2) is 24.3 Å². The average molecular weight is 339 g/mol. The maximum absolute atomic E-state index is 12.6. The van der Waals surface area contributed by atoms with Gasteiger partial charge in [0.2, 0.25) is 0 Å². The van der Waals surface area contributed by atoms with Crippen LogP contribution >= 0.6 is 0 Å². The molecule has 1 aromatic carbocycles. The van der Waals surface area contributed by atoms with E-state index in [0.717, 1.165) is 19.1 Å². The molecule has 0 radical (unpaired) electrons. The minimum absolute atomic E-state index is 0.0656. The quantitative estimate of drug-likeness (QED) is 0.814. The molecule has 1 atom stereocenters. The Morgan fingerprint density at radius 3 is 2.26 bits per heavy atom. The van der Waals surface area contributed by atoms with Gasteiger partial charge >= 0.3 is 5.97 Å². The standard InChI is InChI=1S/C16H21NO5S/c1-11(16(19)20)9-17(14-7-8-14)15(18)13-5-3-12(4-6-13)10-23(2,21)22/h3-6,11,14H,7-10H2,1-2H3,(H,19,20). The minimum atomic E-state index is -3.12. The van der Waals surface area contributed by atoms with Crippen LogP contribution in [0.4, 0.5) is 0 Å². The van der Waals surface area contributed by atoms with Crippen molar-refractivity contribution in [2.24, 2.45) is 5.92 Å². The fourth-order valence-electron chi connectivity index (χ4n) is 2.37. The molecule has 1 aliphatic carbocycles. The Hall–Kier alpha value is -1.89. The number of carbonyl (C=O) groups excluding carboxylic acids is 1. The van der Waals surface area contributed by atoms with Crippen molar-refractivity contribution in [2.75, 3.05) is 12.8 Å². The van der Waals surface area contributed by atoms with Crippen LogP contribution in [0.25, 0.3) is 0 Å². The third-order valence-electron chi connectivity index (χ3n) is 3.77. The lowest BCUT2D eigenvalue weighted by molar-refractivity contribution is -0.141. The topological polar surface area (TPSA) is 91.8 Å². The number of hydrogen-bond acceptors (Lipinski definition) is 4. The van der Waals surface area contributed by atoms with Gasteiger partial charge in [0.1, 0.15) is 0 Å². The molecule has 1 aliphatic rings. The number of carboxylic acid groups (broad SMARTS) is 1. The van der Waals surface area contributed by atoms with Crippen LogP contribution in [0.3, 0.4) is 0 Å². The van der Waals surface area contributed by atoms with Crippen LogP contribution in [-0.4, -0.2) is 49.1 Å². The highest BCUT2D eigenvalue weighted by Gasteiger charge is 2.34. The van der Waals surface area contributed by atoms with Gasteiger partial charge < -0.3 is 10.0 Å². The molecule has 0 spiro atoms. The van der Waals surface area contributed by atoms with Gasteiger partial charge in [-0.2, -0.15) is 0 Å². The second-order valence-electron chi connectivity index (χ2n) is 6.19. The van der Waals surface area contributed by atoms with E-state index in [-0.39, 0.29) is 24.2 Å². The summed E-state index contributed by atoms with van der Waals surface area (Å²) in [5, 5.41) is 9.04. The third-order valence-corrected chi connectivity index (χ3v) is 4.63. The summed E-state index contributed by atoms with van der Waals surface area (Å²) in [4.78, 5) is 25.2. The van der Waals surface area contributed by atoms with Crippen LogP contribution in [-0.2, 0) is 20.4 Å². The summed E-state index contributed by atoms with van der Waals surface area (Å²) in [5.74, 6) is -1.81. The number of amides is 1. The monoisotopic (exact) mass is 339 g/mol. The molecule has 1 fully saturated rings. The summed E-state index contributed by atoms with van der Waals surface area (Å²) in [7, 11) is -3.12. The molecule has 1 unspecified atom stereocenters. The van der Waals surface area contributed by atoms with Gasteiger partial charge in [-0.25, -0.2) is 8.42 Å². The lowest BCUT2D eigenvalue weighted by Gasteiger charge is -2.24.